The normalized spacial score (nSPS) is 21.2. The molecule has 3 aromatic rings. The van der Waals surface area contributed by atoms with Gasteiger partial charge in [0, 0.05) is 17.0 Å². The summed E-state index contributed by atoms with van der Waals surface area (Å²) in [5.74, 6) is 0.913. The number of aliphatic hydroxyl groups excluding tert-OH is 1. The van der Waals surface area contributed by atoms with Crippen molar-refractivity contribution in [3.8, 4) is 5.88 Å². The number of thiazole rings is 1. The summed E-state index contributed by atoms with van der Waals surface area (Å²) in [6, 6.07) is 7.87. The number of piperazine rings is 1. The molecule has 1 aliphatic heterocycles. The van der Waals surface area contributed by atoms with Crippen LogP contribution in [0.1, 0.15) is 29.2 Å². The molecule has 4 rings (SSSR count). The van der Waals surface area contributed by atoms with E-state index < -0.39 is 0 Å². The smallest absolute Gasteiger partial charge is 0.235 e. The van der Waals surface area contributed by atoms with Crippen LogP contribution in [-0.4, -0.2) is 64.1 Å². The van der Waals surface area contributed by atoms with Crippen molar-refractivity contribution in [1.29, 1.82) is 0 Å². The molecule has 0 radical (unpaired) electrons. The van der Waals surface area contributed by atoms with Gasteiger partial charge in [0.1, 0.15) is 37.6 Å². The first kappa shape index (κ1) is 19.6. The standard InChI is InChI=1S/C19H24ClN5O2S/c1-2-15-21-19-25(22-15)18(27)17(28-19)16(13-4-3-5-14(20)12-13)24-8-6-23(7-9-24)10-11-26/h3-5,12,16,26-27H,2,6-11H2,1H3/p+2/t16-/m1/s1. The number of halogens is 1. The van der Waals surface area contributed by atoms with Gasteiger partial charge in [-0.2, -0.15) is 4.52 Å². The molecule has 1 atom stereocenters. The van der Waals surface area contributed by atoms with E-state index in [0.29, 0.717) is 5.02 Å². The van der Waals surface area contributed by atoms with E-state index in [1.54, 1.807) is 4.52 Å². The third kappa shape index (κ3) is 3.75. The van der Waals surface area contributed by atoms with Crippen molar-refractivity contribution in [3.63, 3.8) is 0 Å². The van der Waals surface area contributed by atoms with E-state index in [0.717, 1.165) is 60.4 Å². The van der Waals surface area contributed by atoms with Crippen LogP contribution in [0, 0.1) is 0 Å². The zero-order valence-electron chi connectivity index (χ0n) is 15.9. The summed E-state index contributed by atoms with van der Waals surface area (Å²) < 4.78 is 1.56. The Bertz CT molecular complexity index is 951. The maximum Gasteiger partial charge on any atom is 0.235 e. The fraction of sp³-hybridized carbons (Fsp3) is 0.474. The summed E-state index contributed by atoms with van der Waals surface area (Å²) in [6.45, 7) is 6.92. The van der Waals surface area contributed by atoms with E-state index >= 15 is 0 Å². The van der Waals surface area contributed by atoms with Crippen molar-refractivity contribution >= 4 is 27.9 Å². The maximum atomic E-state index is 11.0. The van der Waals surface area contributed by atoms with Gasteiger partial charge in [-0.1, -0.05) is 42.0 Å². The number of nitrogens with zero attached hydrogens (tertiary/aromatic N) is 3. The third-order valence-corrected chi connectivity index (χ3v) is 6.80. The number of nitrogens with one attached hydrogen (secondary N) is 2. The van der Waals surface area contributed by atoms with E-state index in [-0.39, 0.29) is 18.5 Å². The second-order valence-corrected chi connectivity index (χ2v) is 8.68. The summed E-state index contributed by atoms with van der Waals surface area (Å²) >= 11 is 7.79. The average molecular weight is 424 g/mol. The highest BCUT2D eigenvalue weighted by molar-refractivity contribution is 7.17. The molecule has 0 unspecified atom stereocenters. The lowest BCUT2D eigenvalue weighted by Gasteiger charge is -2.34. The van der Waals surface area contributed by atoms with Crippen LogP contribution in [0.4, 0.5) is 0 Å². The highest BCUT2D eigenvalue weighted by Gasteiger charge is 2.36. The monoisotopic (exact) mass is 423 g/mol. The van der Waals surface area contributed by atoms with Gasteiger partial charge in [0.2, 0.25) is 10.8 Å². The van der Waals surface area contributed by atoms with Gasteiger partial charge in [-0.05, 0) is 12.1 Å². The Morgan fingerprint density at radius 2 is 2.07 bits per heavy atom. The van der Waals surface area contributed by atoms with E-state index in [1.165, 1.54) is 21.1 Å². The van der Waals surface area contributed by atoms with Crippen LogP contribution in [0.15, 0.2) is 24.3 Å². The van der Waals surface area contributed by atoms with Gasteiger partial charge in [-0.25, -0.2) is 4.98 Å². The van der Waals surface area contributed by atoms with Gasteiger partial charge in [-0.15, -0.1) is 5.10 Å². The Kier molecular flexibility index (Phi) is 5.84. The molecule has 1 aliphatic rings. The van der Waals surface area contributed by atoms with Gasteiger partial charge < -0.3 is 20.0 Å². The molecular formula is C19H26ClN5O2S+2. The summed E-state index contributed by atoms with van der Waals surface area (Å²) in [6.07, 6.45) is 0.738. The van der Waals surface area contributed by atoms with Gasteiger partial charge in [0.25, 0.3) is 0 Å². The number of fused-ring (bicyclic) bond motifs is 1. The molecule has 1 fully saturated rings. The summed E-state index contributed by atoms with van der Waals surface area (Å²) in [7, 11) is 0. The number of aryl methyl sites for hydroxylation is 1. The lowest BCUT2D eigenvalue weighted by atomic mass is 10.0. The van der Waals surface area contributed by atoms with Crippen LogP contribution < -0.4 is 9.80 Å². The third-order valence-electron chi connectivity index (χ3n) is 5.48. The zero-order valence-corrected chi connectivity index (χ0v) is 17.4. The van der Waals surface area contributed by atoms with Crippen LogP contribution in [-0.2, 0) is 6.42 Å². The summed E-state index contributed by atoms with van der Waals surface area (Å²) in [5.41, 5.74) is 1.09. The molecule has 1 aromatic carbocycles. The highest BCUT2D eigenvalue weighted by Crippen LogP contribution is 2.35. The molecule has 1 saturated heterocycles. The molecule has 4 N–H and O–H groups in total. The lowest BCUT2D eigenvalue weighted by Crippen LogP contribution is -3.28. The van der Waals surface area contributed by atoms with Crippen molar-refractivity contribution in [1.82, 2.24) is 14.6 Å². The maximum absolute atomic E-state index is 11.0. The van der Waals surface area contributed by atoms with Crippen molar-refractivity contribution in [2.24, 2.45) is 0 Å². The molecule has 2 aromatic heterocycles. The molecule has 0 bridgehead atoms. The number of benzene rings is 1. The SMILES string of the molecule is CCc1nc2sc([C@@H](c3cccc(Cl)c3)[NH+]3CC[NH+](CCO)CC3)c(O)n2n1. The van der Waals surface area contributed by atoms with Crippen LogP contribution in [0.5, 0.6) is 5.88 Å². The number of aromatic hydroxyl groups is 1. The number of hydrogen-bond donors (Lipinski definition) is 4. The predicted molar refractivity (Wildman–Crippen MR) is 109 cm³/mol. The first-order chi connectivity index (χ1) is 13.6. The Hall–Kier alpha value is -1.71. The molecule has 3 heterocycles. The molecule has 0 aliphatic carbocycles. The molecule has 150 valence electrons. The second kappa shape index (κ2) is 8.34. The van der Waals surface area contributed by atoms with Gasteiger partial charge in [0.15, 0.2) is 11.9 Å². The van der Waals surface area contributed by atoms with E-state index in [4.69, 9.17) is 11.6 Å². The molecule has 9 heteroatoms. The van der Waals surface area contributed by atoms with Crippen molar-refractivity contribution in [3.05, 3.63) is 45.6 Å². The number of rotatable bonds is 6. The molecule has 0 amide bonds. The minimum absolute atomic E-state index is 0.0204. The van der Waals surface area contributed by atoms with E-state index in [1.807, 2.05) is 25.1 Å². The van der Waals surface area contributed by atoms with Crippen LogP contribution in [0.25, 0.3) is 4.96 Å². The Morgan fingerprint density at radius 3 is 2.71 bits per heavy atom. The quantitative estimate of drug-likeness (QED) is 0.434. The zero-order chi connectivity index (χ0) is 19.7. The van der Waals surface area contributed by atoms with E-state index in [9.17, 15) is 10.2 Å². The van der Waals surface area contributed by atoms with Gasteiger partial charge >= 0.3 is 0 Å². The molecule has 0 spiro atoms. The van der Waals surface area contributed by atoms with Gasteiger partial charge in [-0.3, -0.25) is 0 Å². The minimum atomic E-state index is -0.0204. The number of hydrogen-bond acceptors (Lipinski definition) is 5. The minimum Gasteiger partial charge on any atom is -0.492 e. The van der Waals surface area contributed by atoms with Crippen LogP contribution in [0.2, 0.25) is 5.02 Å². The molecule has 7 nitrogen and oxygen atoms in total. The van der Waals surface area contributed by atoms with Crippen molar-refractivity contribution < 1.29 is 20.0 Å². The predicted octanol–water partition coefficient (Wildman–Crippen LogP) is -0.423. The van der Waals surface area contributed by atoms with E-state index in [2.05, 4.69) is 16.1 Å². The highest BCUT2D eigenvalue weighted by atomic mass is 35.5. The second-order valence-electron chi connectivity index (χ2n) is 7.24. The van der Waals surface area contributed by atoms with Gasteiger partial charge in [0.05, 0.1) is 6.61 Å². The van der Waals surface area contributed by atoms with Crippen LogP contribution in [0.3, 0.4) is 0 Å². The van der Waals surface area contributed by atoms with Crippen molar-refractivity contribution in [2.75, 3.05) is 39.3 Å². The first-order valence-electron chi connectivity index (χ1n) is 9.72. The van der Waals surface area contributed by atoms with Crippen molar-refractivity contribution in [2.45, 2.75) is 19.4 Å². The first-order valence-corrected chi connectivity index (χ1v) is 10.9. The number of quaternary nitrogens is 2. The Morgan fingerprint density at radius 1 is 1.29 bits per heavy atom. The Balaban J connectivity index is 1.71. The molecular weight excluding hydrogens is 398 g/mol. The summed E-state index contributed by atoms with van der Waals surface area (Å²) in [4.78, 5) is 8.94. The number of aliphatic hydroxyl groups is 1. The lowest BCUT2D eigenvalue weighted by molar-refractivity contribution is -1.02. The fourth-order valence-electron chi connectivity index (χ4n) is 4.01. The summed E-state index contributed by atoms with van der Waals surface area (Å²) in [5, 5.41) is 25.3. The Labute approximate surface area is 172 Å². The molecule has 0 saturated carbocycles. The topological polar surface area (TPSA) is 79.5 Å². The molecule has 28 heavy (non-hydrogen) atoms. The van der Waals surface area contributed by atoms with Crippen LogP contribution >= 0.6 is 22.9 Å². The number of aromatic nitrogens is 3. The largest absolute Gasteiger partial charge is 0.492 e. The average Bonchev–Trinajstić information content (AvgIpc) is 3.23. The fourth-order valence-corrected chi connectivity index (χ4v) is 5.37.